The van der Waals surface area contributed by atoms with E-state index in [9.17, 15) is 4.79 Å². The summed E-state index contributed by atoms with van der Waals surface area (Å²) >= 11 is 0. The second-order valence-corrected chi connectivity index (χ2v) is 6.71. The van der Waals surface area contributed by atoms with Gasteiger partial charge in [-0.25, -0.2) is 0 Å². The molecule has 2 fully saturated rings. The van der Waals surface area contributed by atoms with Gasteiger partial charge in [0.25, 0.3) is 0 Å². The maximum atomic E-state index is 12.0. The van der Waals surface area contributed by atoms with Crippen LogP contribution in [0.15, 0.2) is 0 Å². The lowest BCUT2D eigenvalue weighted by molar-refractivity contribution is -0.162. The third kappa shape index (κ3) is 4.22. The summed E-state index contributed by atoms with van der Waals surface area (Å²) in [5.74, 6) is 1.85. The summed E-state index contributed by atoms with van der Waals surface area (Å²) in [6.07, 6.45) is 13.0. The summed E-state index contributed by atoms with van der Waals surface area (Å²) in [6.45, 7) is 4.28. The second kappa shape index (κ2) is 7.31. The van der Waals surface area contributed by atoms with Crippen LogP contribution >= 0.6 is 0 Å². The number of cyclic esters (lactones) is 1. The van der Waals surface area contributed by atoms with Crippen LogP contribution in [-0.2, 0) is 9.53 Å². The molecule has 2 aliphatic rings. The zero-order chi connectivity index (χ0) is 13.7. The Labute approximate surface area is 118 Å². The van der Waals surface area contributed by atoms with Crippen LogP contribution in [0.25, 0.3) is 0 Å². The quantitative estimate of drug-likeness (QED) is 0.532. The number of ether oxygens (including phenoxy) is 1. The van der Waals surface area contributed by atoms with E-state index in [2.05, 4.69) is 6.92 Å². The van der Waals surface area contributed by atoms with Gasteiger partial charge in [-0.05, 0) is 44.4 Å². The van der Waals surface area contributed by atoms with Crippen molar-refractivity contribution < 1.29 is 9.53 Å². The zero-order valence-corrected chi connectivity index (χ0v) is 12.7. The van der Waals surface area contributed by atoms with Crippen molar-refractivity contribution in [1.29, 1.82) is 0 Å². The van der Waals surface area contributed by atoms with Gasteiger partial charge < -0.3 is 4.74 Å². The first-order valence-corrected chi connectivity index (χ1v) is 8.41. The molecule has 2 nitrogen and oxygen atoms in total. The molecule has 1 aliphatic heterocycles. The Morgan fingerprint density at radius 2 is 1.79 bits per heavy atom. The molecule has 0 spiro atoms. The maximum absolute atomic E-state index is 12.0. The highest BCUT2D eigenvalue weighted by atomic mass is 16.5. The number of esters is 1. The summed E-state index contributed by atoms with van der Waals surface area (Å²) in [5, 5.41) is 0. The summed E-state index contributed by atoms with van der Waals surface area (Å²) in [6, 6.07) is 0. The monoisotopic (exact) mass is 266 g/mol. The van der Waals surface area contributed by atoms with Gasteiger partial charge in [0.05, 0.1) is 12.0 Å². The van der Waals surface area contributed by atoms with E-state index in [1.54, 1.807) is 0 Å². The fourth-order valence-corrected chi connectivity index (χ4v) is 3.87. The molecule has 0 aromatic rings. The predicted molar refractivity (Wildman–Crippen MR) is 77.9 cm³/mol. The van der Waals surface area contributed by atoms with Gasteiger partial charge >= 0.3 is 5.97 Å². The van der Waals surface area contributed by atoms with Gasteiger partial charge in [0.15, 0.2) is 0 Å². The first-order valence-electron chi connectivity index (χ1n) is 8.41. The van der Waals surface area contributed by atoms with Crippen molar-refractivity contribution in [2.75, 3.05) is 0 Å². The minimum atomic E-state index is 0.0909. The highest BCUT2D eigenvalue weighted by molar-refractivity contribution is 5.73. The van der Waals surface area contributed by atoms with E-state index < -0.39 is 0 Å². The molecular formula is C17H30O2. The van der Waals surface area contributed by atoms with Gasteiger partial charge in [-0.1, -0.05) is 45.4 Å². The molecule has 2 rings (SSSR count). The van der Waals surface area contributed by atoms with Gasteiger partial charge in [0.2, 0.25) is 0 Å². The largest absolute Gasteiger partial charge is 0.462 e. The lowest BCUT2D eigenvalue weighted by Gasteiger charge is -2.36. The Bertz CT molecular complexity index is 279. The molecule has 0 aromatic heterocycles. The summed E-state index contributed by atoms with van der Waals surface area (Å²) < 4.78 is 5.42. The Kier molecular flexibility index (Phi) is 5.72. The van der Waals surface area contributed by atoms with Crippen molar-refractivity contribution in [3.05, 3.63) is 0 Å². The van der Waals surface area contributed by atoms with Gasteiger partial charge in [0.1, 0.15) is 0 Å². The van der Waals surface area contributed by atoms with Crippen LogP contribution in [0.5, 0.6) is 0 Å². The molecule has 0 amide bonds. The van der Waals surface area contributed by atoms with E-state index in [1.807, 2.05) is 6.92 Å². The van der Waals surface area contributed by atoms with Crippen molar-refractivity contribution in [3.63, 3.8) is 0 Å². The Balaban J connectivity index is 1.72. The molecular weight excluding hydrogens is 236 g/mol. The lowest BCUT2D eigenvalue weighted by Crippen LogP contribution is -2.35. The Morgan fingerprint density at radius 3 is 2.42 bits per heavy atom. The minimum Gasteiger partial charge on any atom is -0.462 e. The molecule has 2 heteroatoms. The van der Waals surface area contributed by atoms with Gasteiger partial charge in [-0.2, -0.15) is 0 Å². The molecule has 1 aliphatic carbocycles. The number of hydrogen-bond acceptors (Lipinski definition) is 2. The summed E-state index contributed by atoms with van der Waals surface area (Å²) in [7, 11) is 0. The fourth-order valence-electron chi connectivity index (χ4n) is 3.87. The van der Waals surface area contributed by atoms with Gasteiger partial charge in [-0.3, -0.25) is 4.79 Å². The lowest BCUT2D eigenvalue weighted by atomic mass is 9.72. The van der Waals surface area contributed by atoms with E-state index in [0.29, 0.717) is 5.92 Å². The minimum absolute atomic E-state index is 0.0909. The molecule has 1 saturated carbocycles. The Hall–Kier alpha value is -0.530. The summed E-state index contributed by atoms with van der Waals surface area (Å²) in [5.41, 5.74) is 0. The summed E-state index contributed by atoms with van der Waals surface area (Å²) in [4.78, 5) is 12.0. The molecule has 110 valence electrons. The van der Waals surface area contributed by atoms with Crippen LogP contribution < -0.4 is 0 Å². The van der Waals surface area contributed by atoms with Crippen molar-refractivity contribution in [2.45, 2.75) is 84.2 Å². The van der Waals surface area contributed by atoms with Gasteiger partial charge in [0, 0.05) is 0 Å². The number of unbranched alkanes of at least 4 members (excludes halogenated alkanes) is 2. The molecule has 2 unspecified atom stereocenters. The van der Waals surface area contributed by atoms with Crippen LogP contribution in [0.3, 0.4) is 0 Å². The van der Waals surface area contributed by atoms with E-state index >= 15 is 0 Å². The fraction of sp³-hybridized carbons (Fsp3) is 0.941. The SMILES string of the molecule is CCCCCC1CCC(C2CCC(C)OC2=O)CC1. The molecule has 2 atom stereocenters. The smallest absolute Gasteiger partial charge is 0.309 e. The third-order valence-electron chi connectivity index (χ3n) is 5.18. The molecule has 0 aromatic carbocycles. The van der Waals surface area contributed by atoms with E-state index in [4.69, 9.17) is 4.74 Å². The topological polar surface area (TPSA) is 26.3 Å². The van der Waals surface area contributed by atoms with E-state index in [0.717, 1.165) is 18.8 Å². The van der Waals surface area contributed by atoms with Crippen LogP contribution in [0.1, 0.15) is 78.1 Å². The predicted octanol–water partition coefficient (Wildman–Crippen LogP) is 4.71. The van der Waals surface area contributed by atoms with Crippen molar-refractivity contribution in [1.82, 2.24) is 0 Å². The van der Waals surface area contributed by atoms with Gasteiger partial charge in [-0.15, -0.1) is 0 Å². The standard InChI is InChI=1S/C17H30O2/c1-3-4-5-6-14-8-10-15(11-9-14)16-12-7-13(2)19-17(16)18/h13-16H,3-12H2,1-2H3. The van der Waals surface area contributed by atoms with Crippen LogP contribution in [0.4, 0.5) is 0 Å². The zero-order valence-electron chi connectivity index (χ0n) is 12.7. The molecule has 19 heavy (non-hydrogen) atoms. The molecule has 1 saturated heterocycles. The van der Waals surface area contributed by atoms with Crippen LogP contribution in [0.2, 0.25) is 0 Å². The number of carbonyl (C=O) groups excluding carboxylic acids is 1. The maximum Gasteiger partial charge on any atom is 0.309 e. The van der Waals surface area contributed by atoms with Crippen LogP contribution in [-0.4, -0.2) is 12.1 Å². The molecule has 1 heterocycles. The average Bonchev–Trinajstić information content (AvgIpc) is 2.40. The highest BCUT2D eigenvalue weighted by Crippen LogP contribution is 2.39. The van der Waals surface area contributed by atoms with Crippen molar-refractivity contribution in [2.24, 2.45) is 17.8 Å². The molecule has 0 radical (unpaired) electrons. The molecule has 0 bridgehead atoms. The first-order chi connectivity index (χ1) is 9.20. The van der Waals surface area contributed by atoms with E-state index in [-0.39, 0.29) is 18.0 Å². The normalized spacial score (nSPS) is 36.0. The number of carbonyl (C=O) groups is 1. The number of hydrogen-bond donors (Lipinski definition) is 0. The highest BCUT2D eigenvalue weighted by Gasteiger charge is 2.36. The Morgan fingerprint density at radius 1 is 1.05 bits per heavy atom. The first kappa shape index (κ1) is 14.9. The van der Waals surface area contributed by atoms with Crippen molar-refractivity contribution in [3.8, 4) is 0 Å². The van der Waals surface area contributed by atoms with E-state index in [1.165, 1.54) is 51.4 Å². The average molecular weight is 266 g/mol. The molecule has 0 N–H and O–H groups in total. The van der Waals surface area contributed by atoms with Crippen molar-refractivity contribution >= 4 is 5.97 Å². The number of rotatable bonds is 5. The third-order valence-corrected chi connectivity index (χ3v) is 5.18. The second-order valence-electron chi connectivity index (χ2n) is 6.71. The van der Waals surface area contributed by atoms with Crippen LogP contribution in [0, 0.1) is 17.8 Å².